The predicted octanol–water partition coefficient (Wildman–Crippen LogP) is 4.41. The van der Waals surface area contributed by atoms with Crippen LogP contribution in [0.25, 0.3) is 0 Å². The molecule has 2 bridgehead atoms. The van der Waals surface area contributed by atoms with Gasteiger partial charge in [0.15, 0.2) is 0 Å². The maximum Gasteiger partial charge on any atom is 0.126 e. The average molecular weight is 383 g/mol. The molecule has 3 fully saturated rings. The smallest absolute Gasteiger partial charge is 0.126 e. The maximum absolute atomic E-state index is 13.8. The minimum atomic E-state index is -0.460. The van der Waals surface area contributed by atoms with Gasteiger partial charge in [-0.1, -0.05) is 0 Å². The molecule has 148 valence electrons. The normalized spacial score (nSPS) is 30.8. The number of piperidine rings is 3. The molecule has 3 nitrogen and oxygen atoms in total. The number of hydrogen-bond acceptors (Lipinski definition) is 3. The van der Waals surface area contributed by atoms with Gasteiger partial charge in [0.2, 0.25) is 0 Å². The van der Waals surface area contributed by atoms with Crippen molar-refractivity contribution < 1.29 is 8.78 Å². The summed E-state index contributed by atoms with van der Waals surface area (Å²) >= 11 is 0. The number of fused-ring (bicyclic) bond motifs is 4. The van der Waals surface area contributed by atoms with Crippen LogP contribution < -0.4 is 0 Å². The van der Waals surface area contributed by atoms with Crippen molar-refractivity contribution in [3.8, 4) is 0 Å². The molecule has 0 unspecified atom stereocenters. The van der Waals surface area contributed by atoms with Crippen molar-refractivity contribution in [3.63, 3.8) is 0 Å². The van der Waals surface area contributed by atoms with Crippen LogP contribution in [0.4, 0.5) is 8.78 Å². The molecule has 5 rings (SSSR count). The molecule has 0 amide bonds. The number of rotatable bonds is 3. The summed E-state index contributed by atoms with van der Waals surface area (Å²) in [6.07, 6.45) is 8.36. The third kappa shape index (κ3) is 3.58. The second kappa shape index (κ2) is 7.53. The highest BCUT2D eigenvalue weighted by molar-refractivity contribution is 5.23. The van der Waals surface area contributed by atoms with E-state index >= 15 is 0 Å². The molecule has 2 aromatic rings. The van der Waals surface area contributed by atoms with E-state index in [1.807, 2.05) is 12.4 Å². The van der Waals surface area contributed by atoms with Crippen LogP contribution in [-0.2, 0) is 6.54 Å². The summed E-state index contributed by atoms with van der Waals surface area (Å²) < 4.78 is 27.7. The number of benzene rings is 1. The molecule has 4 heterocycles. The fourth-order valence-corrected chi connectivity index (χ4v) is 5.91. The minimum absolute atomic E-state index is 0.154. The maximum atomic E-state index is 13.8. The van der Waals surface area contributed by atoms with Crippen molar-refractivity contribution in [2.75, 3.05) is 19.6 Å². The van der Waals surface area contributed by atoms with Crippen LogP contribution in [0, 0.1) is 23.5 Å². The van der Waals surface area contributed by atoms with Crippen LogP contribution in [0.1, 0.15) is 42.9 Å². The Balaban J connectivity index is 1.34. The van der Waals surface area contributed by atoms with Crippen LogP contribution in [-0.4, -0.2) is 40.5 Å². The van der Waals surface area contributed by atoms with Crippen molar-refractivity contribution in [2.45, 2.75) is 44.3 Å². The van der Waals surface area contributed by atoms with Gasteiger partial charge in [0.1, 0.15) is 11.6 Å². The van der Waals surface area contributed by atoms with Crippen LogP contribution in [0.3, 0.4) is 0 Å². The summed E-state index contributed by atoms with van der Waals surface area (Å²) in [6, 6.07) is 8.94. The minimum Gasteiger partial charge on any atom is -0.298 e. The molecular weight excluding hydrogens is 356 g/mol. The van der Waals surface area contributed by atoms with Crippen LogP contribution >= 0.6 is 0 Å². The van der Waals surface area contributed by atoms with E-state index in [0.717, 1.165) is 50.7 Å². The third-order valence-electron chi connectivity index (χ3n) is 6.89. The molecule has 0 saturated carbocycles. The Labute approximate surface area is 165 Å². The second-order valence-corrected chi connectivity index (χ2v) is 8.82. The zero-order chi connectivity index (χ0) is 19.1. The van der Waals surface area contributed by atoms with Crippen LogP contribution in [0.5, 0.6) is 0 Å². The van der Waals surface area contributed by atoms with E-state index in [-0.39, 0.29) is 6.04 Å². The largest absolute Gasteiger partial charge is 0.298 e. The van der Waals surface area contributed by atoms with Gasteiger partial charge in [-0.3, -0.25) is 14.8 Å². The average Bonchev–Trinajstić information content (AvgIpc) is 2.67. The molecule has 3 aliphatic heterocycles. The van der Waals surface area contributed by atoms with Crippen LogP contribution in [0.2, 0.25) is 0 Å². The van der Waals surface area contributed by atoms with E-state index in [4.69, 9.17) is 0 Å². The van der Waals surface area contributed by atoms with E-state index in [1.165, 1.54) is 30.5 Å². The Morgan fingerprint density at radius 3 is 2.54 bits per heavy atom. The van der Waals surface area contributed by atoms with Gasteiger partial charge in [-0.2, -0.15) is 0 Å². The van der Waals surface area contributed by atoms with Crippen molar-refractivity contribution in [3.05, 3.63) is 65.5 Å². The van der Waals surface area contributed by atoms with E-state index in [9.17, 15) is 8.78 Å². The quantitative estimate of drug-likeness (QED) is 0.783. The molecule has 0 spiro atoms. The molecule has 4 atom stereocenters. The summed E-state index contributed by atoms with van der Waals surface area (Å²) in [5.74, 6) is 0.363. The first-order chi connectivity index (χ1) is 13.7. The van der Waals surface area contributed by atoms with Gasteiger partial charge in [0.05, 0.1) is 0 Å². The molecule has 3 saturated heterocycles. The lowest BCUT2D eigenvalue weighted by molar-refractivity contribution is -0.0592. The molecule has 28 heavy (non-hydrogen) atoms. The number of halogens is 2. The van der Waals surface area contributed by atoms with E-state index < -0.39 is 11.6 Å². The standard InChI is InChI=1S/C23H27F2N3/c24-20-9-18(10-21(25)11-20)22-2-1-3-23-19-8-17(14-28(22)23)13-27(15-19)12-16-4-6-26-7-5-16/h4-7,9-11,17,19,22-23H,1-3,8,12-15H2/t17-,19+,22+,23-/m0/s1. The molecule has 0 aliphatic carbocycles. The summed E-state index contributed by atoms with van der Waals surface area (Å²) in [5, 5.41) is 0. The Morgan fingerprint density at radius 1 is 0.964 bits per heavy atom. The summed E-state index contributed by atoms with van der Waals surface area (Å²) in [4.78, 5) is 9.30. The first-order valence-electron chi connectivity index (χ1n) is 10.5. The van der Waals surface area contributed by atoms with Gasteiger partial charge in [-0.25, -0.2) is 8.78 Å². The highest BCUT2D eigenvalue weighted by atomic mass is 19.1. The number of aromatic nitrogens is 1. The third-order valence-corrected chi connectivity index (χ3v) is 6.89. The van der Waals surface area contributed by atoms with Crippen molar-refractivity contribution >= 4 is 0 Å². The predicted molar refractivity (Wildman–Crippen MR) is 105 cm³/mol. The fourth-order valence-electron chi connectivity index (χ4n) is 5.91. The molecular formula is C23H27F2N3. The van der Waals surface area contributed by atoms with E-state index in [1.54, 1.807) is 0 Å². The first kappa shape index (κ1) is 18.2. The van der Waals surface area contributed by atoms with Gasteiger partial charge in [0.25, 0.3) is 0 Å². The number of hydrogen-bond donors (Lipinski definition) is 0. The number of pyridine rings is 1. The Morgan fingerprint density at radius 2 is 1.75 bits per heavy atom. The molecule has 1 aromatic carbocycles. The number of likely N-dealkylation sites (tertiary alicyclic amines) is 1. The number of nitrogens with zero attached hydrogens (tertiary/aromatic N) is 3. The van der Waals surface area contributed by atoms with Gasteiger partial charge in [-0.05, 0) is 72.9 Å². The Bertz CT molecular complexity index is 808. The van der Waals surface area contributed by atoms with Crippen molar-refractivity contribution in [2.24, 2.45) is 11.8 Å². The van der Waals surface area contributed by atoms with Gasteiger partial charge in [-0.15, -0.1) is 0 Å². The van der Waals surface area contributed by atoms with Crippen molar-refractivity contribution in [1.82, 2.24) is 14.8 Å². The summed E-state index contributed by atoms with van der Waals surface area (Å²) in [6.45, 7) is 4.24. The van der Waals surface area contributed by atoms with E-state index in [2.05, 4.69) is 26.9 Å². The monoisotopic (exact) mass is 383 g/mol. The Hall–Kier alpha value is -1.85. The van der Waals surface area contributed by atoms with Crippen molar-refractivity contribution in [1.29, 1.82) is 0 Å². The molecule has 1 aromatic heterocycles. The van der Waals surface area contributed by atoms with Gasteiger partial charge < -0.3 is 0 Å². The summed E-state index contributed by atoms with van der Waals surface area (Å²) in [5.41, 5.74) is 2.14. The highest BCUT2D eigenvalue weighted by Gasteiger charge is 2.44. The lowest BCUT2D eigenvalue weighted by atomic mass is 9.74. The molecule has 3 aliphatic rings. The van der Waals surface area contributed by atoms with Gasteiger partial charge in [0, 0.05) is 56.7 Å². The highest BCUT2D eigenvalue weighted by Crippen LogP contribution is 2.44. The molecule has 5 heteroatoms. The second-order valence-electron chi connectivity index (χ2n) is 8.82. The van der Waals surface area contributed by atoms with Gasteiger partial charge >= 0.3 is 0 Å². The zero-order valence-electron chi connectivity index (χ0n) is 16.1. The SMILES string of the molecule is Fc1cc(F)cc([C@H]2CCC[C@H]3[C@@H]4C[C@@H](CN(Cc5ccncc5)C4)CN23)c1. The lowest BCUT2D eigenvalue weighted by Crippen LogP contribution is -2.59. The first-order valence-corrected chi connectivity index (χ1v) is 10.5. The van der Waals surface area contributed by atoms with E-state index in [0.29, 0.717) is 17.9 Å². The topological polar surface area (TPSA) is 19.4 Å². The fraction of sp³-hybridized carbons (Fsp3) is 0.522. The summed E-state index contributed by atoms with van der Waals surface area (Å²) in [7, 11) is 0. The zero-order valence-corrected chi connectivity index (χ0v) is 16.1. The van der Waals surface area contributed by atoms with Crippen LogP contribution in [0.15, 0.2) is 42.7 Å². The lowest BCUT2D eigenvalue weighted by Gasteiger charge is -2.55. The molecule has 0 radical (unpaired) electrons. The molecule has 0 N–H and O–H groups in total. The Kier molecular flexibility index (Phi) is 4.89.